The molecule has 0 saturated carbocycles. The van der Waals surface area contributed by atoms with Gasteiger partial charge in [-0.2, -0.15) is 5.10 Å². The van der Waals surface area contributed by atoms with Gasteiger partial charge in [0.1, 0.15) is 0 Å². The zero-order valence-electron chi connectivity index (χ0n) is 8.74. The SMILES string of the molecule is Cc1nn(C)c(C)c1C=CCC(N)=O. The third kappa shape index (κ3) is 2.22. The molecule has 4 heteroatoms. The summed E-state index contributed by atoms with van der Waals surface area (Å²) in [6, 6.07) is 0. The van der Waals surface area contributed by atoms with Crippen molar-refractivity contribution in [2.75, 3.05) is 0 Å². The molecule has 1 aromatic heterocycles. The molecule has 0 aliphatic rings. The molecule has 14 heavy (non-hydrogen) atoms. The topological polar surface area (TPSA) is 60.9 Å². The first-order chi connectivity index (χ1) is 6.52. The Morgan fingerprint density at radius 1 is 1.57 bits per heavy atom. The Labute approximate surface area is 83.4 Å². The lowest BCUT2D eigenvalue weighted by atomic mass is 10.1. The van der Waals surface area contributed by atoms with Gasteiger partial charge in [-0.3, -0.25) is 9.48 Å². The van der Waals surface area contributed by atoms with Crippen LogP contribution in [0.4, 0.5) is 0 Å². The minimum atomic E-state index is -0.319. The maximum atomic E-state index is 10.5. The molecule has 0 fully saturated rings. The number of aromatic nitrogens is 2. The Morgan fingerprint density at radius 3 is 2.64 bits per heavy atom. The fourth-order valence-corrected chi connectivity index (χ4v) is 1.32. The maximum absolute atomic E-state index is 10.5. The van der Waals surface area contributed by atoms with Gasteiger partial charge in [-0.15, -0.1) is 0 Å². The molecule has 0 aliphatic heterocycles. The quantitative estimate of drug-likeness (QED) is 0.776. The first-order valence-corrected chi connectivity index (χ1v) is 4.47. The van der Waals surface area contributed by atoms with Crippen molar-refractivity contribution in [3.63, 3.8) is 0 Å². The Morgan fingerprint density at radius 2 is 2.21 bits per heavy atom. The van der Waals surface area contributed by atoms with Gasteiger partial charge in [0.05, 0.1) is 5.69 Å². The van der Waals surface area contributed by atoms with Crippen LogP contribution in [0.3, 0.4) is 0 Å². The number of amides is 1. The molecule has 0 atom stereocenters. The summed E-state index contributed by atoms with van der Waals surface area (Å²) in [5.74, 6) is -0.319. The predicted molar refractivity (Wildman–Crippen MR) is 55.5 cm³/mol. The fourth-order valence-electron chi connectivity index (χ4n) is 1.32. The third-order valence-corrected chi connectivity index (χ3v) is 2.17. The van der Waals surface area contributed by atoms with E-state index in [9.17, 15) is 4.79 Å². The maximum Gasteiger partial charge on any atom is 0.221 e. The summed E-state index contributed by atoms with van der Waals surface area (Å²) in [5.41, 5.74) is 8.14. The largest absolute Gasteiger partial charge is 0.369 e. The van der Waals surface area contributed by atoms with Crippen LogP contribution >= 0.6 is 0 Å². The highest BCUT2D eigenvalue weighted by atomic mass is 16.1. The van der Waals surface area contributed by atoms with Crippen LogP contribution in [-0.4, -0.2) is 15.7 Å². The van der Waals surface area contributed by atoms with E-state index in [0.717, 1.165) is 17.0 Å². The normalized spacial score (nSPS) is 11.1. The van der Waals surface area contributed by atoms with E-state index in [4.69, 9.17) is 5.73 Å². The summed E-state index contributed by atoms with van der Waals surface area (Å²) >= 11 is 0. The van der Waals surface area contributed by atoms with Crippen molar-refractivity contribution in [2.45, 2.75) is 20.3 Å². The molecule has 1 heterocycles. The average molecular weight is 193 g/mol. The lowest BCUT2D eigenvalue weighted by molar-refractivity contribution is -0.117. The number of hydrogen-bond acceptors (Lipinski definition) is 2. The zero-order valence-corrected chi connectivity index (χ0v) is 8.74. The van der Waals surface area contributed by atoms with Gasteiger partial charge in [0.15, 0.2) is 0 Å². The molecule has 4 nitrogen and oxygen atoms in total. The van der Waals surface area contributed by atoms with Crippen molar-refractivity contribution in [1.82, 2.24) is 9.78 Å². The standard InChI is InChI=1S/C10H15N3O/c1-7-9(5-4-6-10(11)14)8(2)13(3)12-7/h4-5H,6H2,1-3H3,(H2,11,14). The van der Waals surface area contributed by atoms with E-state index < -0.39 is 0 Å². The lowest BCUT2D eigenvalue weighted by Gasteiger charge is -1.93. The van der Waals surface area contributed by atoms with Crippen LogP contribution in [-0.2, 0) is 11.8 Å². The Balaban J connectivity index is 2.86. The van der Waals surface area contributed by atoms with E-state index >= 15 is 0 Å². The Bertz CT molecular complexity index is 377. The second-order valence-corrected chi connectivity index (χ2v) is 3.28. The number of aryl methyl sites for hydroxylation is 2. The highest BCUT2D eigenvalue weighted by Gasteiger charge is 2.05. The zero-order chi connectivity index (χ0) is 10.7. The Hall–Kier alpha value is -1.58. The van der Waals surface area contributed by atoms with Crippen LogP contribution in [0.2, 0.25) is 0 Å². The van der Waals surface area contributed by atoms with Gasteiger partial charge in [0, 0.05) is 24.7 Å². The van der Waals surface area contributed by atoms with Crippen LogP contribution in [0.15, 0.2) is 6.08 Å². The second-order valence-electron chi connectivity index (χ2n) is 3.28. The molecule has 0 spiro atoms. The molecule has 76 valence electrons. The van der Waals surface area contributed by atoms with Crippen molar-refractivity contribution in [3.8, 4) is 0 Å². The summed E-state index contributed by atoms with van der Waals surface area (Å²) < 4.78 is 1.82. The van der Waals surface area contributed by atoms with Gasteiger partial charge < -0.3 is 5.73 Å². The van der Waals surface area contributed by atoms with Gasteiger partial charge in [0.25, 0.3) is 0 Å². The monoisotopic (exact) mass is 193 g/mol. The van der Waals surface area contributed by atoms with E-state index in [1.165, 1.54) is 0 Å². The number of nitrogens with zero attached hydrogens (tertiary/aromatic N) is 2. The molecule has 0 bridgehead atoms. The van der Waals surface area contributed by atoms with Gasteiger partial charge in [-0.25, -0.2) is 0 Å². The van der Waals surface area contributed by atoms with Gasteiger partial charge in [0.2, 0.25) is 5.91 Å². The number of primary amides is 1. The van der Waals surface area contributed by atoms with Crippen LogP contribution in [0, 0.1) is 13.8 Å². The summed E-state index contributed by atoms with van der Waals surface area (Å²) in [5, 5.41) is 4.26. The van der Waals surface area contributed by atoms with Crippen molar-refractivity contribution >= 4 is 12.0 Å². The summed E-state index contributed by atoms with van der Waals surface area (Å²) in [4.78, 5) is 10.5. The number of carbonyl (C=O) groups excluding carboxylic acids is 1. The first-order valence-electron chi connectivity index (χ1n) is 4.47. The van der Waals surface area contributed by atoms with E-state index in [1.54, 1.807) is 6.08 Å². The Kier molecular flexibility index (Phi) is 3.06. The third-order valence-electron chi connectivity index (χ3n) is 2.17. The molecule has 0 aliphatic carbocycles. The molecule has 0 radical (unpaired) electrons. The van der Waals surface area contributed by atoms with Crippen molar-refractivity contribution < 1.29 is 4.79 Å². The lowest BCUT2D eigenvalue weighted by Crippen LogP contribution is -2.07. The molecule has 1 amide bonds. The van der Waals surface area contributed by atoms with Crippen LogP contribution in [0.1, 0.15) is 23.4 Å². The van der Waals surface area contributed by atoms with E-state index in [1.807, 2.05) is 31.7 Å². The van der Waals surface area contributed by atoms with Crippen molar-refractivity contribution in [3.05, 3.63) is 23.0 Å². The number of rotatable bonds is 3. The number of hydrogen-bond donors (Lipinski definition) is 1. The van der Waals surface area contributed by atoms with Gasteiger partial charge >= 0.3 is 0 Å². The van der Waals surface area contributed by atoms with Crippen LogP contribution in [0.25, 0.3) is 6.08 Å². The summed E-state index contributed by atoms with van der Waals surface area (Å²) in [6.45, 7) is 3.93. The van der Waals surface area contributed by atoms with E-state index in [0.29, 0.717) is 0 Å². The molecule has 1 rings (SSSR count). The number of nitrogens with two attached hydrogens (primary N) is 1. The van der Waals surface area contributed by atoms with Crippen LogP contribution in [0.5, 0.6) is 0 Å². The van der Waals surface area contributed by atoms with E-state index in [2.05, 4.69) is 5.10 Å². The van der Waals surface area contributed by atoms with Crippen LogP contribution < -0.4 is 5.73 Å². The predicted octanol–water partition coefficient (Wildman–Crippen LogP) is 0.926. The molecule has 0 unspecified atom stereocenters. The van der Waals surface area contributed by atoms with Crippen molar-refractivity contribution in [1.29, 1.82) is 0 Å². The summed E-state index contributed by atoms with van der Waals surface area (Å²) in [6.07, 6.45) is 3.93. The first kappa shape index (κ1) is 10.5. The fraction of sp³-hybridized carbons (Fsp3) is 0.400. The smallest absolute Gasteiger partial charge is 0.221 e. The highest BCUT2D eigenvalue weighted by Crippen LogP contribution is 2.13. The summed E-state index contributed by atoms with van der Waals surface area (Å²) in [7, 11) is 1.90. The molecule has 2 N–H and O–H groups in total. The highest BCUT2D eigenvalue weighted by molar-refractivity contribution is 5.76. The molecule has 0 aromatic carbocycles. The molecular weight excluding hydrogens is 178 g/mol. The minimum Gasteiger partial charge on any atom is -0.369 e. The minimum absolute atomic E-state index is 0.272. The second kappa shape index (κ2) is 4.09. The van der Waals surface area contributed by atoms with E-state index in [-0.39, 0.29) is 12.3 Å². The number of carbonyl (C=O) groups is 1. The molecule has 0 saturated heterocycles. The molecular formula is C10H15N3O. The average Bonchev–Trinajstić information content (AvgIpc) is 2.31. The molecule has 1 aromatic rings. The van der Waals surface area contributed by atoms with Crippen molar-refractivity contribution in [2.24, 2.45) is 12.8 Å². The van der Waals surface area contributed by atoms with Gasteiger partial charge in [-0.05, 0) is 13.8 Å². The van der Waals surface area contributed by atoms with Gasteiger partial charge in [-0.1, -0.05) is 12.2 Å².